The standard InChI is InChI=1S/C45H51N3O7S/c1-3-42(34-18-20-35(21-19-34)45(52)53)56(54,55)39-9-7-8-36(28-39)43(50)47-41-25-24-38(48-26-5-4-6-27-48)29-40(41)44(51)46-37-22-14-32(15-23-37)11-10-31-12-16-33(17-13-31)30(2)49/h7-9,12-17,22-25,28-29,34-35,42H,3-6,10-11,18-21,26-27H2,1-2H3,(H,46,51)(H,47,50)(H,52,53)/t34?,35?,42-/m0/s1. The summed E-state index contributed by atoms with van der Waals surface area (Å²) in [6.45, 7) is 5.12. The maximum Gasteiger partial charge on any atom is 0.306 e. The van der Waals surface area contributed by atoms with E-state index in [1.54, 1.807) is 31.2 Å². The van der Waals surface area contributed by atoms with Crippen LogP contribution in [0.25, 0.3) is 0 Å². The molecule has 1 atom stereocenters. The Morgan fingerprint density at radius 3 is 2.00 bits per heavy atom. The number of carbonyl (C=O) groups is 4. The van der Waals surface area contributed by atoms with Crippen LogP contribution in [0.1, 0.15) is 107 Å². The number of aliphatic carboxylic acids is 1. The van der Waals surface area contributed by atoms with Gasteiger partial charge in [0.1, 0.15) is 0 Å². The molecule has 2 fully saturated rings. The van der Waals surface area contributed by atoms with Crippen LogP contribution in [0.3, 0.4) is 0 Å². The minimum atomic E-state index is -3.83. The van der Waals surface area contributed by atoms with Crippen LogP contribution in [0.15, 0.2) is 95.9 Å². The van der Waals surface area contributed by atoms with Gasteiger partial charge in [0.05, 0.1) is 27.3 Å². The van der Waals surface area contributed by atoms with Crippen molar-refractivity contribution >= 4 is 50.5 Å². The summed E-state index contributed by atoms with van der Waals surface area (Å²) in [6.07, 6.45) is 7.18. The molecule has 0 unspecified atom stereocenters. The molecule has 3 N–H and O–H groups in total. The molecule has 1 aliphatic heterocycles. The van der Waals surface area contributed by atoms with Gasteiger partial charge in [0.25, 0.3) is 11.8 Å². The average molecular weight is 778 g/mol. The summed E-state index contributed by atoms with van der Waals surface area (Å²) in [5.74, 6) is -2.34. The van der Waals surface area contributed by atoms with E-state index in [9.17, 15) is 32.7 Å². The molecule has 0 radical (unpaired) electrons. The molecule has 0 spiro atoms. The van der Waals surface area contributed by atoms with E-state index in [0.717, 1.165) is 62.0 Å². The van der Waals surface area contributed by atoms with Gasteiger partial charge in [-0.2, -0.15) is 0 Å². The van der Waals surface area contributed by atoms with Crippen molar-refractivity contribution in [3.05, 3.63) is 119 Å². The first-order valence-electron chi connectivity index (χ1n) is 19.7. The molecule has 6 rings (SSSR count). The fourth-order valence-corrected chi connectivity index (χ4v) is 10.2. The number of Topliss-reactive ketones (excluding diaryl/α,β-unsaturated/α-hetero) is 1. The summed E-state index contributed by atoms with van der Waals surface area (Å²) in [7, 11) is -3.83. The summed E-state index contributed by atoms with van der Waals surface area (Å²) in [4.78, 5) is 53.1. The highest BCUT2D eigenvalue weighted by atomic mass is 32.2. The van der Waals surface area contributed by atoms with Gasteiger partial charge in [-0.3, -0.25) is 19.2 Å². The van der Waals surface area contributed by atoms with E-state index in [1.807, 2.05) is 61.5 Å². The summed E-state index contributed by atoms with van der Waals surface area (Å²) in [5, 5.41) is 14.6. The number of carboxylic acid groups (broad SMARTS) is 1. The Morgan fingerprint density at radius 2 is 1.39 bits per heavy atom. The molecule has 11 heteroatoms. The molecular formula is C45H51N3O7S. The summed E-state index contributed by atoms with van der Waals surface area (Å²) < 4.78 is 27.9. The van der Waals surface area contributed by atoms with E-state index in [4.69, 9.17) is 0 Å². The number of carbonyl (C=O) groups excluding carboxylic acids is 3. The minimum absolute atomic E-state index is 0.0385. The van der Waals surface area contributed by atoms with Crippen molar-refractivity contribution in [2.24, 2.45) is 11.8 Å². The van der Waals surface area contributed by atoms with Crippen LogP contribution in [-0.4, -0.2) is 55.4 Å². The average Bonchev–Trinajstić information content (AvgIpc) is 3.21. The van der Waals surface area contributed by atoms with Gasteiger partial charge >= 0.3 is 5.97 Å². The van der Waals surface area contributed by atoms with E-state index in [-0.39, 0.29) is 27.7 Å². The topological polar surface area (TPSA) is 150 Å². The Balaban J connectivity index is 1.17. The van der Waals surface area contributed by atoms with E-state index >= 15 is 0 Å². The number of amides is 2. The highest BCUT2D eigenvalue weighted by Crippen LogP contribution is 2.37. The van der Waals surface area contributed by atoms with Gasteiger partial charge in [0, 0.05) is 35.6 Å². The Morgan fingerprint density at radius 1 is 0.750 bits per heavy atom. The third-order valence-electron chi connectivity index (χ3n) is 11.4. The maximum absolute atomic E-state index is 14.0. The lowest BCUT2D eigenvalue weighted by Gasteiger charge is -2.31. The van der Waals surface area contributed by atoms with Crippen LogP contribution in [0.4, 0.5) is 17.1 Å². The fourth-order valence-electron chi connectivity index (χ4n) is 8.05. The van der Waals surface area contributed by atoms with Crippen molar-refractivity contribution in [2.75, 3.05) is 28.6 Å². The molecule has 1 saturated carbocycles. The maximum atomic E-state index is 14.0. The lowest BCUT2D eigenvalue weighted by Crippen LogP contribution is -2.34. The Bertz CT molecular complexity index is 2150. The van der Waals surface area contributed by atoms with Gasteiger partial charge in [0.15, 0.2) is 15.6 Å². The summed E-state index contributed by atoms with van der Waals surface area (Å²) >= 11 is 0. The molecule has 0 aromatic heterocycles. The Hall–Kier alpha value is -5.29. The molecule has 2 aliphatic rings. The summed E-state index contributed by atoms with van der Waals surface area (Å²) in [5.41, 5.74) is 5.13. The van der Waals surface area contributed by atoms with Gasteiger partial charge < -0.3 is 20.6 Å². The van der Waals surface area contributed by atoms with E-state index in [1.165, 1.54) is 12.1 Å². The van der Waals surface area contributed by atoms with E-state index in [2.05, 4.69) is 15.5 Å². The van der Waals surface area contributed by atoms with Crippen LogP contribution in [0.5, 0.6) is 0 Å². The van der Waals surface area contributed by atoms with Crippen LogP contribution in [0.2, 0.25) is 0 Å². The number of hydrogen-bond donors (Lipinski definition) is 3. The minimum Gasteiger partial charge on any atom is -0.481 e. The number of sulfone groups is 1. The van der Waals surface area contributed by atoms with Crippen molar-refractivity contribution in [1.29, 1.82) is 0 Å². The molecule has 0 bridgehead atoms. The molecule has 2 amide bonds. The van der Waals surface area contributed by atoms with Crippen molar-refractivity contribution < 1.29 is 32.7 Å². The number of aryl methyl sites for hydroxylation is 2. The van der Waals surface area contributed by atoms with Crippen LogP contribution < -0.4 is 15.5 Å². The van der Waals surface area contributed by atoms with Crippen molar-refractivity contribution in [3.8, 4) is 0 Å². The van der Waals surface area contributed by atoms with Crippen molar-refractivity contribution in [1.82, 2.24) is 0 Å². The zero-order valence-corrected chi connectivity index (χ0v) is 32.9. The third-order valence-corrected chi connectivity index (χ3v) is 13.8. The molecule has 4 aromatic carbocycles. The number of ketones is 1. The largest absolute Gasteiger partial charge is 0.481 e. The summed E-state index contributed by atoms with van der Waals surface area (Å²) in [6, 6.07) is 26.7. The monoisotopic (exact) mass is 777 g/mol. The first-order valence-corrected chi connectivity index (χ1v) is 21.2. The van der Waals surface area contributed by atoms with Crippen LogP contribution in [-0.2, 0) is 27.5 Å². The molecule has 1 saturated heterocycles. The number of hydrogen-bond acceptors (Lipinski definition) is 7. The van der Waals surface area contributed by atoms with Crippen molar-refractivity contribution in [2.45, 2.75) is 88.2 Å². The fraction of sp³-hybridized carbons (Fsp3) is 0.378. The van der Waals surface area contributed by atoms with Gasteiger partial charge in [-0.05, 0) is 137 Å². The van der Waals surface area contributed by atoms with Crippen LogP contribution in [0, 0.1) is 11.8 Å². The number of piperidine rings is 1. The zero-order valence-electron chi connectivity index (χ0n) is 32.1. The third kappa shape index (κ3) is 9.74. The Labute approximate surface area is 329 Å². The van der Waals surface area contributed by atoms with Gasteiger partial charge in [-0.25, -0.2) is 8.42 Å². The lowest BCUT2D eigenvalue weighted by atomic mass is 9.80. The molecule has 1 aliphatic carbocycles. The second-order valence-corrected chi connectivity index (χ2v) is 17.3. The number of anilines is 3. The number of nitrogens with zero attached hydrogens (tertiary/aromatic N) is 1. The van der Waals surface area contributed by atoms with Crippen molar-refractivity contribution in [3.63, 3.8) is 0 Å². The van der Waals surface area contributed by atoms with Gasteiger partial charge in [-0.15, -0.1) is 0 Å². The number of nitrogens with one attached hydrogen (secondary N) is 2. The van der Waals surface area contributed by atoms with Gasteiger partial charge in [0.2, 0.25) is 0 Å². The SMILES string of the molecule is CC[C@@H](C1CCC(C(=O)O)CC1)S(=O)(=O)c1cccc(C(=O)Nc2ccc(N3CCCCC3)cc2C(=O)Nc2ccc(CCc3ccc(C(C)=O)cc3)cc2)c1. The smallest absolute Gasteiger partial charge is 0.306 e. The normalized spacial score (nSPS) is 17.8. The molecule has 4 aromatic rings. The van der Waals surface area contributed by atoms with E-state index in [0.29, 0.717) is 49.0 Å². The van der Waals surface area contributed by atoms with Crippen LogP contribution >= 0.6 is 0 Å². The quantitative estimate of drug-likeness (QED) is 0.108. The molecule has 294 valence electrons. The molecule has 56 heavy (non-hydrogen) atoms. The van der Waals surface area contributed by atoms with E-state index < -0.39 is 38.8 Å². The molecule has 1 heterocycles. The highest BCUT2D eigenvalue weighted by Gasteiger charge is 2.37. The zero-order chi connectivity index (χ0) is 39.8. The predicted octanol–water partition coefficient (Wildman–Crippen LogP) is 8.61. The molecular weight excluding hydrogens is 727 g/mol. The predicted molar refractivity (Wildman–Crippen MR) is 219 cm³/mol. The Kier molecular flexibility index (Phi) is 13.1. The lowest BCUT2D eigenvalue weighted by molar-refractivity contribution is -0.143. The molecule has 10 nitrogen and oxygen atoms in total. The van der Waals surface area contributed by atoms with Gasteiger partial charge in [-0.1, -0.05) is 49.4 Å². The first kappa shape index (κ1) is 40.4. The number of benzene rings is 4. The second-order valence-electron chi connectivity index (χ2n) is 15.1. The number of rotatable bonds is 14. The first-order chi connectivity index (χ1) is 26.9. The second kappa shape index (κ2) is 18.1. The highest BCUT2D eigenvalue weighted by molar-refractivity contribution is 7.92. The number of carboxylic acids is 1.